The Labute approximate surface area is 112 Å². The maximum atomic E-state index is 11.3. The van der Waals surface area contributed by atoms with E-state index < -0.39 is 15.9 Å². The maximum Gasteiger partial charge on any atom is 0.150 e. The van der Waals surface area contributed by atoms with Gasteiger partial charge in [0.25, 0.3) is 0 Å². The van der Waals surface area contributed by atoms with Crippen LogP contribution in [-0.2, 0) is 16.3 Å². The molecule has 0 saturated heterocycles. The molecule has 1 aromatic rings. The Bertz CT molecular complexity index is 457. The summed E-state index contributed by atoms with van der Waals surface area (Å²) in [6, 6.07) is 0. The third-order valence-electron chi connectivity index (χ3n) is 2.75. The zero-order chi connectivity index (χ0) is 13.6. The van der Waals surface area contributed by atoms with Crippen molar-refractivity contribution >= 4 is 21.4 Å². The fraction of sp³-hybridized carbons (Fsp3) is 0.818. The largest absolute Gasteiger partial charge is 0.387 e. The number of aromatic nitrogens is 2. The van der Waals surface area contributed by atoms with Gasteiger partial charge in [0.15, 0.2) is 0 Å². The lowest BCUT2D eigenvalue weighted by Crippen LogP contribution is -2.10. The van der Waals surface area contributed by atoms with Crippen molar-refractivity contribution in [2.75, 3.05) is 11.5 Å². The van der Waals surface area contributed by atoms with Crippen molar-refractivity contribution in [3.8, 4) is 0 Å². The normalized spacial score (nSPS) is 13.7. The van der Waals surface area contributed by atoms with Crippen molar-refractivity contribution in [1.82, 2.24) is 9.59 Å². The summed E-state index contributed by atoms with van der Waals surface area (Å²) in [6.45, 7) is 3.68. The van der Waals surface area contributed by atoms with Gasteiger partial charge in [0.2, 0.25) is 0 Å². The van der Waals surface area contributed by atoms with Crippen molar-refractivity contribution < 1.29 is 13.5 Å². The first-order valence-electron chi connectivity index (χ1n) is 6.19. The number of aryl methyl sites for hydroxylation is 1. The highest BCUT2D eigenvalue weighted by molar-refractivity contribution is 7.91. The summed E-state index contributed by atoms with van der Waals surface area (Å²) < 4.78 is 26.5. The first kappa shape index (κ1) is 15.5. The Hall–Kier alpha value is -0.530. The smallest absolute Gasteiger partial charge is 0.150 e. The molecule has 5 nitrogen and oxygen atoms in total. The van der Waals surface area contributed by atoms with E-state index in [0.717, 1.165) is 23.4 Å². The summed E-state index contributed by atoms with van der Waals surface area (Å²) in [5, 5.41) is 14.0. The molecule has 0 radical (unpaired) electrons. The molecule has 0 aromatic carbocycles. The van der Waals surface area contributed by atoms with Crippen LogP contribution in [0.25, 0.3) is 0 Å². The monoisotopic (exact) mass is 292 g/mol. The molecular weight excluding hydrogens is 272 g/mol. The maximum absolute atomic E-state index is 11.3. The predicted molar refractivity (Wildman–Crippen MR) is 72.4 cm³/mol. The van der Waals surface area contributed by atoms with Crippen LogP contribution in [0.3, 0.4) is 0 Å². The van der Waals surface area contributed by atoms with E-state index >= 15 is 0 Å². The number of aliphatic hydroxyl groups excluding tert-OH is 1. The molecule has 1 rings (SSSR count). The lowest BCUT2D eigenvalue weighted by Gasteiger charge is -2.09. The fourth-order valence-electron chi connectivity index (χ4n) is 1.65. The van der Waals surface area contributed by atoms with Gasteiger partial charge in [-0.05, 0) is 30.8 Å². The number of nitrogens with zero attached hydrogens (tertiary/aromatic N) is 2. The summed E-state index contributed by atoms with van der Waals surface area (Å²) in [7, 11) is -2.94. The second-order valence-electron chi connectivity index (χ2n) is 4.23. The van der Waals surface area contributed by atoms with Gasteiger partial charge in [-0.15, -0.1) is 5.10 Å². The summed E-state index contributed by atoms with van der Waals surface area (Å²) in [5.74, 6) is 0.294. The second-order valence-corrected chi connectivity index (χ2v) is 7.49. The average Bonchev–Trinajstić information content (AvgIpc) is 2.77. The Morgan fingerprint density at radius 3 is 2.72 bits per heavy atom. The summed E-state index contributed by atoms with van der Waals surface area (Å²) >= 11 is 1.20. The predicted octanol–water partition coefficient (Wildman–Crippen LogP) is 1.74. The molecule has 0 aliphatic heterocycles. The van der Waals surface area contributed by atoms with Gasteiger partial charge >= 0.3 is 0 Å². The van der Waals surface area contributed by atoms with Gasteiger partial charge in [0.05, 0.1) is 22.4 Å². The van der Waals surface area contributed by atoms with Crippen molar-refractivity contribution in [3.63, 3.8) is 0 Å². The molecule has 1 unspecified atom stereocenters. The number of rotatable bonds is 8. The molecule has 0 fully saturated rings. The lowest BCUT2D eigenvalue weighted by molar-refractivity contribution is 0.169. The van der Waals surface area contributed by atoms with E-state index in [-0.39, 0.29) is 11.5 Å². The van der Waals surface area contributed by atoms with E-state index in [0.29, 0.717) is 12.8 Å². The Balaban J connectivity index is 2.50. The Kier molecular flexibility index (Phi) is 6.17. The van der Waals surface area contributed by atoms with Gasteiger partial charge in [-0.25, -0.2) is 8.42 Å². The van der Waals surface area contributed by atoms with Crippen molar-refractivity contribution in [2.45, 2.75) is 45.6 Å². The lowest BCUT2D eigenvalue weighted by atomic mass is 10.1. The molecule has 1 heterocycles. The zero-order valence-electron chi connectivity index (χ0n) is 10.8. The van der Waals surface area contributed by atoms with Crippen molar-refractivity contribution in [3.05, 3.63) is 10.6 Å². The van der Waals surface area contributed by atoms with E-state index in [2.05, 4.69) is 9.59 Å². The number of sulfone groups is 1. The van der Waals surface area contributed by atoms with Crippen LogP contribution in [0.2, 0.25) is 0 Å². The van der Waals surface area contributed by atoms with Crippen LogP contribution < -0.4 is 0 Å². The fourth-order valence-corrected chi connectivity index (χ4v) is 3.26. The average molecular weight is 292 g/mol. The standard InChI is InChI=1S/C11H20N2O3S2/c1-3-6-9-11(17-13-12-9)10(14)7-5-8-18(15,16)4-2/h10,14H,3-8H2,1-2H3. The molecule has 1 atom stereocenters. The van der Waals surface area contributed by atoms with Crippen LogP contribution in [0.15, 0.2) is 0 Å². The third-order valence-corrected chi connectivity index (χ3v) is 5.41. The second kappa shape index (κ2) is 7.16. The molecule has 0 aliphatic carbocycles. The Morgan fingerprint density at radius 1 is 1.39 bits per heavy atom. The molecule has 0 amide bonds. The molecule has 0 saturated carbocycles. The van der Waals surface area contributed by atoms with Crippen LogP contribution in [0.4, 0.5) is 0 Å². The highest BCUT2D eigenvalue weighted by atomic mass is 32.2. The van der Waals surface area contributed by atoms with Gasteiger partial charge in [0.1, 0.15) is 9.84 Å². The van der Waals surface area contributed by atoms with Crippen molar-refractivity contribution in [2.24, 2.45) is 0 Å². The van der Waals surface area contributed by atoms with Gasteiger partial charge < -0.3 is 5.11 Å². The minimum absolute atomic E-state index is 0.135. The number of hydrogen-bond acceptors (Lipinski definition) is 6. The number of aliphatic hydroxyl groups is 1. The van der Waals surface area contributed by atoms with Gasteiger partial charge in [-0.2, -0.15) is 0 Å². The SMILES string of the molecule is CCCc1nnsc1C(O)CCCS(=O)(=O)CC. The minimum atomic E-state index is -2.94. The van der Waals surface area contributed by atoms with Crippen LogP contribution in [0, 0.1) is 0 Å². The zero-order valence-corrected chi connectivity index (χ0v) is 12.4. The summed E-state index contributed by atoms with van der Waals surface area (Å²) in [4.78, 5) is 0.783. The molecule has 0 aliphatic rings. The molecule has 1 N–H and O–H groups in total. The van der Waals surface area contributed by atoms with Crippen LogP contribution in [-0.4, -0.2) is 34.6 Å². The third kappa shape index (κ3) is 4.62. The van der Waals surface area contributed by atoms with Crippen LogP contribution in [0.5, 0.6) is 0 Å². The van der Waals surface area contributed by atoms with E-state index in [9.17, 15) is 13.5 Å². The highest BCUT2D eigenvalue weighted by Gasteiger charge is 2.17. The molecule has 1 aromatic heterocycles. The molecule has 0 bridgehead atoms. The first-order valence-corrected chi connectivity index (χ1v) is 8.79. The van der Waals surface area contributed by atoms with Crippen molar-refractivity contribution in [1.29, 1.82) is 0 Å². The van der Waals surface area contributed by atoms with Crippen LogP contribution in [0.1, 0.15) is 49.8 Å². The molecule has 18 heavy (non-hydrogen) atoms. The highest BCUT2D eigenvalue weighted by Crippen LogP contribution is 2.25. The molecular formula is C11H20N2O3S2. The van der Waals surface area contributed by atoms with Gasteiger partial charge in [-0.1, -0.05) is 24.8 Å². The van der Waals surface area contributed by atoms with E-state index in [1.54, 1.807) is 6.92 Å². The first-order chi connectivity index (χ1) is 8.50. The number of hydrogen-bond donors (Lipinski definition) is 1. The minimum Gasteiger partial charge on any atom is -0.387 e. The Morgan fingerprint density at radius 2 is 2.11 bits per heavy atom. The topological polar surface area (TPSA) is 80.2 Å². The van der Waals surface area contributed by atoms with Crippen LogP contribution >= 0.6 is 11.5 Å². The molecule has 0 spiro atoms. The quantitative estimate of drug-likeness (QED) is 0.789. The van der Waals surface area contributed by atoms with E-state index in [1.165, 1.54) is 11.5 Å². The molecule has 104 valence electrons. The van der Waals surface area contributed by atoms with E-state index in [4.69, 9.17) is 0 Å². The molecule has 7 heteroatoms. The summed E-state index contributed by atoms with van der Waals surface area (Å²) in [6.07, 6.45) is 2.03. The summed E-state index contributed by atoms with van der Waals surface area (Å²) in [5.41, 5.74) is 0.841. The van der Waals surface area contributed by atoms with Gasteiger partial charge in [0, 0.05) is 5.75 Å². The van der Waals surface area contributed by atoms with E-state index in [1.807, 2.05) is 6.92 Å². The van der Waals surface area contributed by atoms with Gasteiger partial charge in [-0.3, -0.25) is 0 Å².